The maximum absolute atomic E-state index is 10.7. The number of carbonyl (C=O) groups excluding carboxylic acids is 1. The number of aliphatic carboxylic acids is 1. The molecule has 0 radical (unpaired) electrons. The smallest absolute Gasteiger partial charge is 0.306 e. The Hall–Kier alpha value is -0.860. The summed E-state index contributed by atoms with van der Waals surface area (Å²) in [7, 11) is 0. The molecule has 0 saturated carbocycles. The monoisotopic (exact) mass is 280 g/mol. The molecule has 0 aromatic heterocycles. The van der Waals surface area contributed by atoms with Gasteiger partial charge in [-0.3, -0.25) is 9.59 Å². The Morgan fingerprint density at radius 2 is 1.16 bits per heavy atom. The molecule has 19 heavy (non-hydrogen) atoms. The van der Waals surface area contributed by atoms with Crippen LogP contribution in [0.4, 0.5) is 0 Å². The molecular weight excluding hydrogens is 240 g/mol. The van der Waals surface area contributed by atoms with Gasteiger partial charge in [0.15, 0.2) is 0 Å². The molecule has 0 aromatic carbocycles. The lowest BCUT2D eigenvalue weighted by molar-refractivity contribution is -0.141. The maximum Gasteiger partial charge on any atom is 0.306 e. The van der Waals surface area contributed by atoms with Crippen LogP contribution in [-0.4, -0.2) is 16.9 Å². The van der Waals surface area contributed by atoms with Crippen LogP contribution in [0.1, 0.15) is 83.6 Å². The van der Waals surface area contributed by atoms with E-state index in [1.807, 2.05) is 27.7 Å². The van der Waals surface area contributed by atoms with Gasteiger partial charge in [-0.05, 0) is 12.8 Å². The summed E-state index contributed by atoms with van der Waals surface area (Å²) < 4.78 is 0. The van der Waals surface area contributed by atoms with Crippen molar-refractivity contribution in [1.29, 1.82) is 0 Å². The van der Waals surface area contributed by atoms with Crippen molar-refractivity contribution in [1.82, 2.24) is 0 Å². The fraction of sp³-hybridized carbons (Fsp3) is 0.875. The van der Waals surface area contributed by atoms with E-state index in [1.165, 1.54) is 0 Å². The van der Waals surface area contributed by atoms with Crippen LogP contribution in [0.5, 0.6) is 0 Å². The number of hydrogen-bond donors (Lipinski definition) is 1. The van der Waals surface area contributed by atoms with Gasteiger partial charge >= 0.3 is 5.97 Å². The molecule has 0 aliphatic carbocycles. The fourth-order valence-electron chi connectivity index (χ4n) is 0.751. The SMILES string of the molecule is C.C.C.C.CCC(=O)C(C)CC.CCC(C)C(=O)O. The van der Waals surface area contributed by atoms with Gasteiger partial charge in [-0.25, -0.2) is 0 Å². The fourth-order valence-corrected chi connectivity index (χ4v) is 0.751. The molecule has 2 unspecified atom stereocenters. The minimum Gasteiger partial charge on any atom is -0.481 e. The minimum absolute atomic E-state index is 0. The number of rotatable bonds is 5. The normalized spacial score (nSPS) is 10.6. The van der Waals surface area contributed by atoms with Crippen LogP contribution in [0, 0.1) is 11.8 Å². The second-order valence-electron chi connectivity index (χ2n) is 3.78. The molecule has 122 valence electrons. The second kappa shape index (κ2) is 22.3. The van der Waals surface area contributed by atoms with Gasteiger partial charge < -0.3 is 5.11 Å². The highest BCUT2D eigenvalue weighted by Crippen LogP contribution is 2.03. The summed E-state index contributed by atoms with van der Waals surface area (Å²) in [5.74, 6) is -0.227. The van der Waals surface area contributed by atoms with Crippen LogP contribution in [0.15, 0.2) is 0 Å². The van der Waals surface area contributed by atoms with Crippen molar-refractivity contribution in [3.63, 3.8) is 0 Å². The Morgan fingerprint density at radius 1 is 0.842 bits per heavy atom. The first-order valence-corrected chi connectivity index (χ1v) is 5.66. The lowest BCUT2D eigenvalue weighted by Gasteiger charge is -2.02. The number of hydrogen-bond acceptors (Lipinski definition) is 2. The van der Waals surface area contributed by atoms with E-state index in [2.05, 4.69) is 0 Å². The maximum atomic E-state index is 10.7. The van der Waals surface area contributed by atoms with E-state index in [-0.39, 0.29) is 41.5 Å². The van der Waals surface area contributed by atoms with Gasteiger partial charge in [0.2, 0.25) is 0 Å². The van der Waals surface area contributed by atoms with Crippen LogP contribution in [0.25, 0.3) is 0 Å². The number of carboxylic acids is 1. The van der Waals surface area contributed by atoms with E-state index in [0.29, 0.717) is 12.2 Å². The summed E-state index contributed by atoms with van der Waals surface area (Å²) in [5, 5.41) is 8.18. The molecule has 0 spiro atoms. The van der Waals surface area contributed by atoms with Crippen molar-refractivity contribution in [3.8, 4) is 0 Å². The van der Waals surface area contributed by atoms with Crippen LogP contribution < -0.4 is 0 Å². The molecule has 2 atom stereocenters. The highest BCUT2D eigenvalue weighted by Gasteiger charge is 2.06. The van der Waals surface area contributed by atoms with E-state index in [0.717, 1.165) is 12.8 Å². The lowest BCUT2D eigenvalue weighted by atomic mass is 10.0. The van der Waals surface area contributed by atoms with Crippen LogP contribution in [0.3, 0.4) is 0 Å². The molecule has 0 amide bonds. The summed E-state index contributed by atoms with van der Waals surface area (Å²) in [6.07, 6.45) is 2.39. The highest BCUT2D eigenvalue weighted by atomic mass is 16.4. The van der Waals surface area contributed by atoms with E-state index in [9.17, 15) is 9.59 Å². The van der Waals surface area contributed by atoms with Crippen molar-refractivity contribution in [2.75, 3.05) is 0 Å². The second-order valence-corrected chi connectivity index (χ2v) is 3.78. The third kappa shape index (κ3) is 22.8. The zero-order valence-corrected chi connectivity index (χ0v) is 10.5. The van der Waals surface area contributed by atoms with E-state index >= 15 is 0 Å². The summed E-state index contributed by atoms with van der Waals surface area (Å²) in [4.78, 5) is 20.7. The first-order chi connectivity index (χ1) is 6.90. The topological polar surface area (TPSA) is 54.4 Å². The number of ketones is 1. The van der Waals surface area contributed by atoms with Crippen LogP contribution >= 0.6 is 0 Å². The van der Waals surface area contributed by atoms with Gasteiger partial charge in [0.05, 0.1) is 5.92 Å². The molecular formula is C16H40O3. The average Bonchev–Trinajstić information content (AvgIpc) is 2.26. The molecule has 0 rings (SSSR count). The van der Waals surface area contributed by atoms with Crippen molar-refractivity contribution in [2.45, 2.75) is 83.6 Å². The first kappa shape index (κ1) is 36.2. The summed E-state index contributed by atoms with van der Waals surface area (Å²) in [6.45, 7) is 9.49. The van der Waals surface area contributed by atoms with Gasteiger partial charge in [0.1, 0.15) is 5.78 Å². The third-order valence-electron chi connectivity index (χ3n) is 2.54. The average molecular weight is 280 g/mol. The Labute approximate surface area is 122 Å². The molecule has 0 fully saturated rings. The van der Waals surface area contributed by atoms with Gasteiger partial charge in [-0.2, -0.15) is 0 Å². The van der Waals surface area contributed by atoms with Gasteiger partial charge in [-0.15, -0.1) is 0 Å². The predicted octanol–water partition coefficient (Wildman–Crippen LogP) is 5.67. The predicted molar refractivity (Wildman–Crippen MR) is 88.8 cm³/mol. The number of carbonyl (C=O) groups is 2. The zero-order valence-electron chi connectivity index (χ0n) is 10.5. The van der Waals surface area contributed by atoms with Crippen molar-refractivity contribution >= 4 is 11.8 Å². The molecule has 3 heteroatoms. The summed E-state index contributed by atoms with van der Waals surface area (Å²) >= 11 is 0. The number of carboxylic acid groups (broad SMARTS) is 1. The minimum atomic E-state index is -0.706. The first-order valence-electron chi connectivity index (χ1n) is 5.66. The molecule has 3 nitrogen and oxygen atoms in total. The molecule has 0 heterocycles. The van der Waals surface area contributed by atoms with Gasteiger partial charge in [0, 0.05) is 12.3 Å². The Kier molecular flexibility index (Phi) is 42.5. The van der Waals surface area contributed by atoms with Gasteiger partial charge in [0.25, 0.3) is 0 Å². The molecule has 0 aliphatic rings. The standard InChI is InChI=1S/C7H14O.C5H10O2.4CH4/c1-4-6(3)7(8)5-2;1-3-4(2)5(6)7;;;;/h6H,4-5H2,1-3H3;4H,3H2,1-2H3,(H,6,7);4*1H4. The summed E-state index contributed by atoms with van der Waals surface area (Å²) in [5.41, 5.74) is 0. The van der Waals surface area contributed by atoms with E-state index < -0.39 is 5.97 Å². The van der Waals surface area contributed by atoms with Gasteiger partial charge in [-0.1, -0.05) is 64.3 Å². The van der Waals surface area contributed by atoms with Crippen LogP contribution in [0.2, 0.25) is 0 Å². The Morgan fingerprint density at radius 3 is 1.21 bits per heavy atom. The van der Waals surface area contributed by atoms with Crippen LogP contribution in [-0.2, 0) is 9.59 Å². The molecule has 0 aromatic rings. The van der Waals surface area contributed by atoms with Crippen molar-refractivity contribution < 1.29 is 14.7 Å². The van der Waals surface area contributed by atoms with E-state index in [1.54, 1.807) is 6.92 Å². The molecule has 0 saturated heterocycles. The molecule has 0 aliphatic heterocycles. The Balaban J connectivity index is -0.0000000369. The quantitative estimate of drug-likeness (QED) is 0.705. The third-order valence-corrected chi connectivity index (χ3v) is 2.54. The lowest BCUT2D eigenvalue weighted by Crippen LogP contribution is -2.06. The number of Topliss-reactive ketones (excluding diaryl/α,β-unsaturated/α-hetero) is 1. The molecule has 0 bridgehead atoms. The summed E-state index contributed by atoms with van der Waals surface area (Å²) in [6, 6.07) is 0. The zero-order chi connectivity index (χ0) is 12.4. The highest BCUT2D eigenvalue weighted by molar-refractivity contribution is 5.80. The Bertz CT molecular complexity index is 188. The van der Waals surface area contributed by atoms with Crippen molar-refractivity contribution in [2.24, 2.45) is 11.8 Å². The van der Waals surface area contributed by atoms with E-state index in [4.69, 9.17) is 5.11 Å². The largest absolute Gasteiger partial charge is 0.481 e. The molecule has 1 N–H and O–H groups in total. The van der Waals surface area contributed by atoms with Crippen molar-refractivity contribution in [3.05, 3.63) is 0 Å².